The average molecular weight is 285 g/mol. The largest absolute Gasteiger partial charge is 0.336 e. The van der Waals surface area contributed by atoms with Crippen LogP contribution in [0.15, 0.2) is 36.5 Å². The number of para-hydroxylation sites is 1. The van der Waals surface area contributed by atoms with Crippen molar-refractivity contribution >= 4 is 5.91 Å². The van der Waals surface area contributed by atoms with Gasteiger partial charge in [-0.2, -0.15) is 9.90 Å². The van der Waals surface area contributed by atoms with Crippen LogP contribution in [0.25, 0.3) is 5.69 Å². The highest BCUT2D eigenvalue weighted by molar-refractivity contribution is 5.92. The molecule has 21 heavy (non-hydrogen) atoms. The summed E-state index contributed by atoms with van der Waals surface area (Å²) in [6.07, 6.45) is 3.80. The summed E-state index contributed by atoms with van der Waals surface area (Å²) >= 11 is 0. The number of benzene rings is 1. The van der Waals surface area contributed by atoms with Crippen molar-refractivity contribution in [2.24, 2.45) is 11.7 Å². The van der Waals surface area contributed by atoms with Gasteiger partial charge in [0.05, 0.1) is 11.9 Å². The lowest BCUT2D eigenvalue weighted by molar-refractivity contribution is 0.0712. The van der Waals surface area contributed by atoms with E-state index in [4.69, 9.17) is 5.73 Å². The average Bonchev–Trinajstić information content (AvgIpc) is 3.23. The van der Waals surface area contributed by atoms with Crippen LogP contribution in [0.5, 0.6) is 0 Å². The normalized spacial score (nSPS) is 15.7. The van der Waals surface area contributed by atoms with Gasteiger partial charge in [-0.05, 0) is 30.9 Å². The van der Waals surface area contributed by atoms with Crippen LogP contribution < -0.4 is 5.73 Å². The minimum absolute atomic E-state index is 0.0966. The Balaban J connectivity index is 1.77. The smallest absolute Gasteiger partial charge is 0.276 e. The quantitative estimate of drug-likeness (QED) is 0.891. The Labute approximate surface area is 123 Å². The zero-order valence-corrected chi connectivity index (χ0v) is 12.0. The number of hydrogen-bond donors (Lipinski definition) is 1. The third-order valence-corrected chi connectivity index (χ3v) is 3.92. The van der Waals surface area contributed by atoms with Crippen molar-refractivity contribution in [2.75, 3.05) is 13.6 Å². The molecule has 1 aliphatic carbocycles. The molecule has 1 unspecified atom stereocenters. The maximum Gasteiger partial charge on any atom is 0.276 e. The molecule has 1 amide bonds. The molecule has 6 nitrogen and oxygen atoms in total. The van der Waals surface area contributed by atoms with Crippen molar-refractivity contribution in [3.05, 3.63) is 42.2 Å². The van der Waals surface area contributed by atoms with E-state index in [1.54, 1.807) is 11.9 Å². The molecule has 0 bridgehead atoms. The fourth-order valence-electron chi connectivity index (χ4n) is 2.53. The molecule has 6 heteroatoms. The Bertz CT molecular complexity index is 620. The van der Waals surface area contributed by atoms with E-state index in [0.29, 0.717) is 18.2 Å². The number of carbonyl (C=O) groups excluding carboxylic acids is 1. The molecule has 1 heterocycles. The zero-order chi connectivity index (χ0) is 14.8. The van der Waals surface area contributed by atoms with Gasteiger partial charge in [-0.15, -0.1) is 5.10 Å². The second-order valence-electron chi connectivity index (χ2n) is 5.41. The van der Waals surface area contributed by atoms with Gasteiger partial charge in [-0.3, -0.25) is 4.79 Å². The summed E-state index contributed by atoms with van der Waals surface area (Å²) in [4.78, 5) is 15.6. The summed E-state index contributed by atoms with van der Waals surface area (Å²) in [6.45, 7) is 0.486. The zero-order valence-electron chi connectivity index (χ0n) is 12.0. The van der Waals surface area contributed by atoms with Gasteiger partial charge in [-0.1, -0.05) is 18.2 Å². The molecule has 1 atom stereocenters. The monoisotopic (exact) mass is 285 g/mol. The van der Waals surface area contributed by atoms with E-state index in [2.05, 4.69) is 10.2 Å². The van der Waals surface area contributed by atoms with Crippen molar-refractivity contribution in [2.45, 2.75) is 18.9 Å². The number of nitrogens with zero attached hydrogens (tertiary/aromatic N) is 4. The predicted octanol–water partition coefficient (Wildman–Crippen LogP) is 1.08. The van der Waals surface area contributed by atoms with Gasteiger partial charge < -0.3 is 10.6 Å². The molecule has 1 fully saturated rings. The van der Waals surface area contributed by atoms with Crippen LogP contribution in [-0.4, -0.2) is 45.4 Å². The van der Waals surface area contributed by atoms with E-state index in [9.17, 15) is 4.79 Å². The molecule has 2 N–H and O–H groups in total. The second-order valence-corrected chi connectivity index (χ2v) is 5.41. The number of hydrogen-bond acceptors (Lipinski definition) is 4. The molecule has 3 rings (SSSR count). The van der Waals surface area contributed by atoms with Crippen molar-refractivity contribution in [3.8, 4) is 5.69 Å². The standard InChI is InChI=1S/C15H19N5O/c1-19(14(9-16)11-7-8-11)15(21)13-10-17-20(18-13)12-5-3-2-4-6-12/h2-6,10-11,14H,7-9,16H2,1H3. The van der Waals surface area contributed by atoms with Crippen molar-refractivity contribution in [3.63, 3.8) is 0 Å². The topological polar surface area (TPSA) is 77.0 Å². The molecule has 1 aromatic heterocycles. The lowest BCUT2D eigenvalue weighted by Gasteiger charge is -2.26. The van der Waals surface area contributed by atoms with Crippen LogP contribution >= 0.6 is 0 Å². The first-order valence-corrected chi connectivity index (χ1v) is 7.15. The van der Waals surface area contributed by atoms with Crippen molar-refractivity contribution < 1.29 is 4.79 Å². The van der Waals surface area contributed by atoms with Gasteiger partial charge in [0.15, 0.2) is 5.69 Å². The molecule has 0 saturated heterocycles. The van der Waals surface area contributed by atoms with Gasteiger partial charge in [0.1, 0.15) is 0 Å². The summed E-state index contributed by atoms with van der Waals surface area (Å²) < 4.78 is 0. The number of carbonyl (C=O) groups is 1. The maximum atomic E-state index is 12.5. The molecule has 0 spiro atoms. The predicted molar refractivity (Wildman–Crippen MR) is 79.0 cm³/mol. The molecule has 0 radical (unpaired) electrons. The fourth-order valence-corrected chi connectivity index (χ4v) is 2.53. The summed E-state index contributed by atoms with van der Waals surface area (Å²) in [5.41, 5.74) is 6.97. The molecular formula is C15H19N5O. The third kappa shape index (κ3) is 2.80. The van der Waals surface area contributed by atoms with E-state index >= 15 is 0 Å². The highest BCUT2D eigenvalue weighted by atomic mass is 16.2. The Hall–Kier alpha value is -2.21. The van der Waals surface area contributed by atoms with E-state index in [1.807, 2.05) is 30.3 Å². The van der Waals surface area contributed by atoms with E-state index in [0.717, 1.165) is 18.5 Å². The SMILES string of the molecule is CN(C(=O)c1cnn(-c2ccccc2)n1)C(CN)C1CC1. The Kier molecular flexibility index (Phi) is 3.70. The number of rotatable bonds is 5. The van der Waals surface area contributed by atoms with E-state index in [-0.39, 0.29) is 11.9 Å². The summed E-state index contributed by atoms with van der Waals surface area (Å²) in [6, 6.07) is 9.62. The lowest BCUT2D eigenvalue weighted by Crippen LogP contribution is -2.43. The van der Waals surface area contributed by atoms with Crippen molar-refractivity contribution in [1.82, 2.24) is 19.9 Å². The van der Waals surface area contributed by atoms with E-state index in [1.165, 1.54) is 11.0 Å². The molecule has 1 aromatic carbocycles. The minimum Gasteiger partial charge on any atom is -0.336 e. The number of nitrogens with two attached hydrogens (primary N) is 1. The third-order valence-electron chi connectivity index (χ3n) is 3.92. The second kappa shape index (κ2) is 5.65. The van der Waals surface area contributed by atoms with Gasteiger partial charge in [-0.25, -0.2) is 0 Å². The first kappa shape index (κ1) is 13.8. The minimum atomic E-state index is -0.125. The van der Waals surface area contributed by atoms with Crippen molar-refractivity contribution in [1.29, 1.82) is 0 Å². The first-order valence-electron chi connectivity index (χ1n) is 7.15. The van der Waals surface area contributed by atoms with Gasteiger partial charge in [0.25, 0.3) is 5.91 Å². The Morgan fingerprint density at radius 2 is 2.14 bits per heavy atom. The van der Waals surface area contributed by atoms with Crippen LogP contribution in [0.1, 0.15) is 23.3 Å². The van der Waals surface area contributed by atoms with Crippen LogP contribution in [0.4, 0.5) is 0 Å². The first-order chi connectivity index (χ1) is 10.2. The highest BCUT2D eigenvalue weighted by Gasteiger charge is 2.35. The Morgan fingerprint density at radius 1 is 1.43 bits per heavy atom. The van der Waals surface area contributed by atoms with Crippen LogP contribution in [0, 0.1) is 5.92 Å². The Morgan fingerprint density at radius 3 is 2.76 bits per heavy atom. The molecule has 1 saturated carbocycles. The van der Waals surface area contributed by atoms with Gasteiger partial charge >= 0.3 is 0 Å². The summed E-state index contributed by atoms with van der Waals surface area (Å²) in [5, 5.41) is 8.43. The number of likely N-dealkylation sites (N-methyl/N-ethyl adjacent to an activating group) is 1. The number of amides is 1. The van der Waals surface area contributed by atoms with Crippen LogP contribution in [0.2, 0.25) is 0 Å². The van der Waals surface area contributed by atoms with Gasteiger partial charge in [0, 0.05) is 19.6 Å². The van der Waals surface area contributed by atoms with Crippen LogP contribution in [0.3, 0.4) is 0 Å². The highest BCUT2D eigenvalue weighted by Crippen LogP contribution is 2.34. The lowest BCUT2D eigenvalue weighted by atomic mass is 10.1. The summed E-state index contributed by atoms with van der Waals surface area (Å²) in [5.74, 6) is 0.410. The maximum absolute atomic E-state index is 12.5. The van der Waals surface area contributed by atoms with E-state index < -0.39 is 0 Å². The molecule has 2 aromatic rings. The van der Waals surface area contributed by atoms with Gasteiger partial charge in [0.2, 0.25) is 0 Å². The molecule has 110 valence electrons. The number of aromatic nitrogens is 3. The molecular weight excluding hydrogens is 266 g/mol. The molecule has 0 aliphatic heterocycles. The molecule has 1 aliphatic rings. The van der Waals surface area contributed by atoms with Crippen LogP contribution in [-0.2, 0) is 0 Å². The summed E-state index contributed by atoms with van der Waals surface area (Å²) in [7, 11) is 1.79. The fraction of sp³-hybridized carbons (Fsp3) is 0.400.